The maximum absolute atomic E-state index is 10.4. The van der Waals surface area contributed by atoms with Crippen LogP contribution in [0.25, 0.3) is 0 Å². The van der Waals surface area contributed by atoms with Gasteiger partial charge in [-0.2, -0.15) is 0 Å². The van der Waals surface area contributed by atoms with E-state index in [2.05, 4.69) is 97.9 Å². The molecule has 0 amide bonds. The molecule has 0 aromatic heterocycles. The van der Waals surface area contributed by atoms with E-state index in [1.807, 2.05) is 13.8 Å². The van der Waals surface area contributed by atoms with Gasteiger partial charge < -0.3 is 10.2 Å². The van der Waals surface area contributed by atoms with Crippen molar-refractivity contribution in [2.75, 3.05) is 0 Å². The van der Waals surface area contributed by atoms with Crippen molar-refractivity contribution in [2.24, 2.45) is 0 Å². The van der Waals surface area contributed by atoms with Crippen molar-refractivity contribution in [3.63, 3.8) is 0 Å². The Hall–Kier alpha value is -3.00. The molecule has 0 radical (unpaired) electrons. The summed E-state index contributed by atoms with van der Waals surface area (Å²) >= 11 is 0. The molecule has 1 rings (SSSR count). The number of hydrogen-bond acceptors (Lipinski definition) is 2. The molecule has 0 atom stereocenters. The highest BCUT2D eigenvalue weighted by Crippen LogP contribution is 2.32. The topological polar surface area (TPSA) is 40.5 Å². The molecule has 0 fully saturated rings. The maximum atomic E-state index is 10.4. The molecule has 0 aliphatic carbocycles. The van der Waals surface area contributed by atoms with Crippen LogP contribution in [0.15, 0.2) is 87.6 Å². The molecule has 0 unspecified atom stereocenters. The van der Waals surface area contributed by atoms with Crippen molar-refractivity contribution >= 4 is 0 Å². The minimum absolute atomic E-state index is 0.255. The number of hydrogen-bond donors (Lipinski definition) is 2. The predicted octanol–water partition coefficient (Wildman–Crippen LogP) is 13.6. The van der Waals surface area contributed by atoms with Gasteiger partial charge in [0.15, 0.2) is 0 Å². The highest BCUT2D eigenvalue weighted by molar-refractivity contribution is 5.51. The third kappa shape index (κ3) is 18.5. The molecule has 250 valence electrons. The SMILES string of the molecule is CC(C)=CCC/C(C)=C/CC/C(C)=C\CC/C(C)=C/CC/C(C)=C/CC/C(C)=C/CC/C(C)=C/Cc1cc(O)c(C)c(C)c1O. The van der Waals surface area contributed by atoms with Crippen LogP contribution in [0.2, 0.25) is 0 Å². The quantitative estimate of drug-likeness (QED) is 0.113. The molecule has 0 bridgehead atoms. The van der Waals surface area contributed by atoms with Gasteiger partial charge in [-0.25, -0.2) is 0 Å². The second kappa shape index (κ2) is 22.5. The van der Waals surface area contributed by atoms with Crippen LogP contribution in [0.3, 0.4) is 0 Å². The van der Waals surface area contributed by atoms with E-state index in [0.717, 1.165) is 80.9 Å². The summed E-state index contributed by atoms with van der Waals surface area (Å²) in [4.78, 5) is 0. The van der Waals surface area contributed by atoms with Crippen molar-refractivity contribution in [2.45, 2.75) is 153 Å². The van der Waals surface area contributed by atoms with Crippen LogP contribution in [-0.4, -0.2) is 10.2 Å². The Morgan fingerprint density at radius 1 is 0.467 bits per heavy atom. The molecule has 0 saturated heterocycles. The summed E-state index contributed by atoms with van der Waals surface area (Å²) in [5.41, 5.74) is 12.5. The van der Waals surface area contributed by atoms with Gasteiger partial charge >= 0.3 is 0 Å². The second-order valence-corrected chi connectivity index (χ2v) is 13.7. The zero-order valence-electron chi connectivity index (χ0n) is 30.7. The van der Waals surface area contributed by atoms with Gasteiger partial charge in [0.1, 0.15) is 11.5 Å². The van der Waals surface area contributed by atoms with E-state index in [9.17, 15) is 10.2 Å². The lowest BCUT2D eigenvalue weighted by Gasteiger charge is -2.10. The van der Waals surface area contributed by atoms with Gasteiger partial charge in [-0.1, -0.05) is 81.5 Å². The normalized spacial score (nSPS) is 13.9. The minimum atomic E-state index is 0.255. The molecule has 45 heavy (non-hydrogen) atoms. The highest BCUT2D eigenvalue weighted by atomic mass is 16.3. The highest BCUT2D eigenvalue weighted by Gasteiger charge is 2.10. The van der Waals surface area contributed by atoms with Crippen LogP contribution in [0.5, 0.6) is 11.5 Å². The first-order valence-corrected chi connectivity index (χ1v) is 17.4. The molecule has 1 aromatic rings. The molecule has 2 N–H and O–H groups in total. The first kappa shape index (κ1) is 40.0. The van der Waals surface area contributed by atoms with Gasteiger partial charge in [0.2, 0.25) is 0 Å². The smallest absolute Gasteiger partial charge is 0.122 e. The third-order valence-corrected chi connectivity index (χ3v) is 8.84. The van der Waals surface area contributed by atoms with Gasteiger partial charge in [-0.05, 0) is 170 Å². The molecule has 0 aliphatic rings. The Kier molecular flexibility index (Phi) is 20.0. The standard InChI is InChI=1S/C43H66O2/c1-32(2)17-11-18-33(3)19-12-20-34(4)21-13-22-35(5)23-14-24-36(6)25-15-26-37(7)27-16-28-38(8)29-30-41-31-42(44)39(9)40(10)43(41)45/h17,19,21,23,25,27,29,31,44-45H,11-16,18,20,22,24,26,28,30H2,1-10H3/b33-19+,34-21-,35-23+,36-25+,37-27+,38-29+. The number of benzene rings is 1. The van der Waals surface area contributed by atoms with Crippen LogP contribution in [0, 0.1) is 13.8 Å². The molecular weight excluding hydrogens is 548 g/mol. The number of rotatable bonds is 20. The van der Waals surface area contributed by atoms with Gasteiger partial charge in [0, 0.05) is 5.56 Å². The molecule has 0 aliphatic heterocycles. The maximum Gasteiger partial charge on any atom is 0.122 e. The molecule has 0 saturated carbocycles. The Bertz CT molecular complexity index is 1270. The zero-order chi connectivity index (χ0) is 33.8. The number of allylic oxidation sites excluding steroid dienone is 14. The number of phenols is 2. The van der Waals surface area contributed by atoms with Crippen molar-refractivity contribution in [3.8, 4) is 11.5 Å². The van der Waals surface area contributed by atoms with E-state index < -0.39 is 0 Å². The summed E-state index contributed by atoms with van der Waals surface area (Å²) in [6.07, 6.45) is 30.7. The van der Waals surface area contributed by atoms with E-state index in [0.29, 0.717) is 12.2 Å². The van der Waals surface area contributed by atoms with E-state index in [1.54, 1.807) is 6.07 Å². The monoisotopic (exact) mass is 615 g/mol. The largest absolute Gasteiger partial charge is 0.508 e. The van der Waals surface area contributed by atoms with Crippen LogP contribution in [-0.2, 0) is 6.42 Å². The summed E-state index contributed by atoms with van der Waals surface area (Å²) < 4.78 is 0. The Morgan fingerprint density at radius 2 is 0.778 bits per heavy atom. The molecule has 0 spiro atoms. The van der Waals surface area contributed by atoms with Crippen molar-refractivity contribution in [1.82, 2.24) is 0 Å². The Morgan fingerprint density at radius 3 is 1.11 bits per heavy atom. The summed E-state index contributed by atoms with van der Waals surface area (Å²) in [5.74, 6) is 0.555. The minimum Gasteiger partial charge on any atom is -0.508 e. The molecular formula is C43H66O2. The van der Waals surface area contributed by atoms with Crippen LogP contribution in [0.4, 0.5) is 0 Å². The predicted molar refractivity (Wildman–Crippen MR) is 200 cm³/mol. The van der Waals surface area contributed by atoms with E-state index in [1.165, 1.54) is 51.9 Å². The fraction of sp³-hybridized carbons (Fsp3) is 0.535. The molecule has 2 nitrogen and oxygen atoms in total. The first-order chi connectivity index (χ1) is 21.3. The fourth-order valence-corrected chi connectivity index (χ4v) is 5.32. The average Bonchev–Trinajstić information content (AvgIpc) is 2.97. The van der Waals surface area contributed by atoms with Crippen LogP contribution < -0.4 is 0 Å². The van der Waals surface area contributed by atoms with Crippen molar-refractivity contribution < 1.29 is 10.2 Å². The Balaban J connectivity index is 2.31. The van der Waals surface area contributed by atoms with Crippen molar-refractivity contribution in [1.29, 1.82) is 0 Å². The van der Waals surface area contributed by atoms with E-state index in [-0.39, 0.29) is 5.75 Å². The van der Waals surface area contributed by atoms with Crippen LogP contribution >= 0.6 is 0 Å². The molecule has 0 heterocycles. The zero-order valence-corrected chi connectivity index (χ0v) is 30.7. The van der Waals surface area contributed by atoms with Gasteiger partial charge in [-0.3, -0.25) is 0 Å². The lowest BCUT2D eigenvalue weighted by molar-refractivity contribution is 0.448. The first-order valence-electron chi connectivity index (χ1n) is 17.4. The number of phenolic OH excluding ortho intramolecular Hbond substituents is 2. The lowest BCUT2D eigenvalue weighted by atomic mass is 9.99. The third-order valence-electron chi connectivity index (χ3n) is 8.84. The van der Waals surface area contributed by atoms with Gasteiger partial charge in [0.25, 0.3) is 0 Å². The Labute approximate surface area is 278 Å². The van der Waals surface area contributed by atoms with E-state index in [4.69, 9.17) is 0 Å². The van der Waals surface area contributed by atoms with Crippen LogP contribution in [0.1, 0.15) is 149 Å². The summed E-state index contributed by atoms with van der Waals surface area (Å²) in [7, 11) is 0. The second-order valence-electron chi connectivity index (χ2n) is 13.7. The lowest BCUT2D eigenvalue weighted by Crippen LogP contribution is -1.91. The van der Waals surface area contributed by atoms with Gasteiger partial charge in [0.05, 0.1) is 0 Å². The number of aromatic hydroxyl groups is 2. The average molecular weight is 615 g/mol. The fourth-order valence-electron chi connectivity index (χ4n) is 5.32. The molecule has 1 aromatic carbocycles. The summed E-state index contributed by atoms with van der Waals surface area (Å²) in [6, 6.07) is 1.69. The van der Waals surface area contributed by atoms with Crippen molar-refractivity contribution in [3.05, 3.63) is 104 Å². The van der Waals surface area contributed by atoms with E-state index >= 15 is 0 Å². The summed E-state index contributed by atoms with van der Waals surface area (Å²) in [6.45, 7) is 21.5. The molecule has 2 heteroatoms. The van der Waals surface area contributed by atoms with Gasteiger partial charge in [-0.15, -0.1) is 0 Å². The summed E-state index contributed by atoms with van der Waals surface area (Å²) in [5, 5.41) is 20.5.